The molecule has 1 aliphatic rings. The average molecular weight is 432 g/mol. The predicted molar refractivity (Wildman–Crippen MR) is 121 cm³/mol. The Morgan fingerprint density at radius 3 is 2.29 bits per heavy atom. The van der Waals surface area contributed by atoms with Crippen LogP contribution in [0.3, 0.4) is 0 Å². The van der Waals surface area contributed by atoms with Gasteiger partial charge in [-0.15, -0.1) is 0 Å². The molecule has 31 heavy (non-hydrogen) atoms. The van der Waals surface area contributed by atoms with Gasteiger partial charge in [-0.3, -0.25) is 9.36 Å². The highest BCUT2D eigenvalue weighted by atomic mass is 32.2. The van der Waals surface area contributed by atoms with E-state index in [-0.39, 0.29) is 5.91 Å². The zero-order valence-electron chi connectivity index (χ0n) is 17.5. The van der Waals surface area contributed by atoms with Gasteiger partial charge in [-0.2, -0.15) is 0 Å². The van der Waals surface area contributed by atoms with Crippen LogP contribution in [0.4, 0.5) is 0 Å². The highest BCUT2D eigenvalue weighted by molar-refractivity contribution is 7.99. The van der Waals surface area contributed by atoms with Crippen molar-refractivity contribution in [1.82, 2.24) is 4.57 Å². The van der Waals surface area contributed by atoms with Crippen molar-refractivity contribution in [1.29, 1.82) is 0 Å². The van der Waals surface area contributed by atoms with E-state index in [0.29, 0.717) is 29.2 Å². The van der Waals surface area contributed by atoms with E-state index >= 15 is 0 Å². The number of carbonyl (C=O) groups is 1. The molecule has 4 aromatic rings. The average Bonchev–Trinajstić information content (AvgIpc) is 3.12. The Bertz CT molecular complexity index is 1310. The van der Waals surface area contributed by atoms with Gasteiger partial charge in [0.2, 0.25) is 5.75 Å². The van der Waals surface area contributed by atoms with Crippen molar-refractivity contribution in [3.05, 3.63) is 77.5 Å². The fourth-order valence-corrected chi connectivity index (χ4v) is 5.34. The van der Waals surface area contributed by atoms with Crippen LogP contribution in [0.25, 0.3) is 10.9 Å². The standard InChI is InChI=1S/C25H21NO4S/c1-28-21-14-18-17(22(29-2)23(21)30-3)13-20-24(31-15-9-5-4-6-10-15)16-11-7-8-12-19(16)26(20)25(18)27/h4-12,14H,13H2,1-3H3. The van der Waals surface area contributed by atoms with Crippen LogP contribution in [-0.4, -0.2) is 31.8 Å². The van der Waals surface area contributed by atoms with Crippen molar-refractivity contribution in [2.24, 2.45) is 0 Å². The summed E-state index contributed by atoms with van der Waals surface area (Å²) in [4.78, 5) is 15.9. The Morgan fingerprint density at radius 1 is 0.871 bits per heavy atom. The van der Waals surface area contributed by atoms with Gasteiger partial charge in [0, 0.05) is 32.9 Å². The van der Waals surface area contributed by atoms with E-state index in [4.69, 9.17) is 14.2 Å². The SMILES string of the molecule is COc1cc2c(c(OC)c1OC)Cc1c(Sc3ccccc3)c3ccccc3n1C2=O. The summed E-state index contributed by atoms with van der Waals surface area (Å²) in [6.07, 6.45) is 0.550. The molecule has 5 rings (SSSR count). The van der Waals surface area contributed by atoms with Gasteiger partial charge in [0.25, 0.3) is 5.91 Å². The Labute approximate surface area is 184 Å². The molecule has 0 fully saturated rings. The van der Waals surface area contributed by atoms with Gasteiger partial charge >= 0.3 is 0 Å². The Morgan fingerprint density at radius 2 is 1.58 bits per heavy atom. The quantitative estimate of drug-likeness (QED) is 0.372. The molecule has 0 bridgehead atoms. The van der Waals surface area contributed by atoms with E-state index in [2.05, 4.69) is 18.2 Å². The highest BCUT2D eigenvalue weighted by Crippen LogP contribution is 2.48. The number of fused-ring (bicyclic) bond motifs is 4. The van der Waals surface area contributed by atoms with E-state index < -0.39 is 0 Å². The van der Waals surface area contributed by atoms with E-state index in [1.54, 1.807) is 39.2 Å². The molecular weight excluding hydrogens is 410 g/mol. The van der Waals surface area contributed by atoms with Gasteiger partial charge in [0.15, 0.2) is 11.5 Å². The lowest BCUT2D eigenvalue weighted by Gasteiger charge is -2.24. The summed E-state index contributed by atoms with van der Waals surface area (Å²) < 4.78 is 18.6. The normalized spacial score (nSPS) is 12.4. The number of nitrogens with zero attached hydrogens (tertiary/aromatic N) is 1. The molecular formula is C25H21NO4S. The molecule has 5 nitrogen and oxygen atoms in total. The number of methoxy groups -OCH3 is 3. The molecule has 0 atom stereocenters. The summed E-state index contributed by atoms with van der Waals surface area (Å²) in [5.74, 6) is 1.42. The van der Waals surface area contributed by atoms with Gasteiger partial charge in [0.05, 0.1) is 32.4 Å². The fourth-order valence-electron chi connectivity index (χ4n) is 4.24. The first-order valence-corrected chi connectivity index (χ1v) is 10.7. The number of aromatic nitrogens is 1. The summed E-state index contributed by atoms with van der Waals surface area (Å²) in [6, 6.07) is 20.0. The molecule has 1 aliphatic heterocycles. The number of para-hydroxylation sites is 1. The third-order valence-corrected chi connectivity index (χ3v) is 6.76. The van der Waals surface area contributed by atoms with Crippen LogP contribution in [0.5, 0.6) is 17.2 Å². The Hall–Kier alpha value is -3.38. The van der Waals surface area contributed by atoms with Crippen molar-refractivity contribution in [2.45, 2.75) is 16.2 Å². The molecule has 6 heteroatoms. The van der Waals surface area contributed by atoms with E-state index in [1.165, 1.54) is 0 Å². The summed E-state index contributed by atoms with van der Waals surface area (Å²) in [7, 11) is 4.72. The van der Waals surface area contributed by atoms with E-state index in [1.807, 2.05) is 41.0 Å². The van der Waals surface area contributed by atoms with Crippen LogP contribution in [0.1, 0.15) is 21.6 Å². The van der Waals surface area contributed by atoms with Crippen LogP contribution in [-0.2, 0) is 6.42 Å². The second-order valence-corrected chi connectivity index (χ2v) is 8.28. The molecule has 0 radical (unpaired) electrons. The van der Waals surface area contributed by atoms with Gasteiger partial charge in [-0.25, -0.2) is 0 Å². The summed E-state index contributed by atoms with van der Waals surface area (Å²) in [5, 5.41) is 1.06. The highest BCUT2D eigenvalue weighted by Gasteiger charge is 2.33. The first-order chi connectivity index (χ1) is 15.2. The van der Waals surface area contributed by atoms with Gasteiger partial charge < -0.3 is 14.2 Å². The second kappa shape index (κ2) is 7.71. The first kappa shape index (κ1) is 19.6. The van der Waals surface area contributed by atoms with Crippen LogP contribution >= 0.6 is 11.8 Å². The molecule has 3 aromatic carbocycles. The Kier molecular flexibility index (Phi) is 4.87. The number of benzene rings is 3. The smallest absolute Gasteiger partial charge is 0.263 e. The van der Waals surface area contributed by atoms with Crippen molar-refractivity contribution in [3.8, 4) is 17.2 Å². The number of ether oxygens (including phenoxy) is 3. The minimum atomic E-state index is -0.0911. The van der Waals surface area contributed by atoms with E-state index in [9.17, 15) is 4.79 Å². The minimum absolute atomic E-state index is 0.0911. The largest absolute Gasteiger partial charge is 0.493 e. The summed E-state index contributed by atoms with van der Waals surface area (Å²) >= 11 is 1.68. The first-order valence-electron chi connectivity index (χ1n) is 9.89. The fraction of sp³-hybridized carbons (Fsp3) is 0.160. The zero-order chi connectivity index (χ0) is 21.5. The summed E-state index contributed by atoms with van der Waals surface area (Å²) in [5.41, 5.74) is 3.24. The molecule has 1 aromatic heterocycles. The van der Waals surface area contributed by atoms with Gasteiger partial charge in [0.1, 0.15) is 0 Å². The third kappa shape index (κ3) is 2.98. The van der Waals surface area contributed by atoms with Crippen LogP contribution in [0.2, 0.25) is 0 Å². The van der Waals surface area contributed by atoms with Gasteiger partial charge in [-0.05, 0) is 24.3 Å². The number of hydrogen-bond donors (Lipinski definition) is 0. The molecule has 0 saturated heterocycles. The van der Waals surface area contributed by atoms with Crippen molar-refractivity contribution >= 4 is 28.6 Å². The lowest BCUT2D eigenvalue weighted by molar-refractivity contribution is 0.0955. The predicted octanol–water partition coefficient (Wildman–Crippen LogP) is 5.41. The van der Waals surface area contributed by atoms with Crippen molar-refractivity contribution in [2.75, 3.05) is 21.3 Å². The lowest BCUT2D eigenvalue weighted by Crippen LogP contribution is -2.23. The Balaban J connectivity index is 1.77. The zero-order valence-corrected chi connectivity index (χ0v) is 18.3. The molecule has 0 amide bonds. The summed E-state index contributed by atoms with van der Waals surface area (Å²) in [6.45, 7) is 0. The molecule has 0 N–H and O–H groups in total. The molecule has 156 valence electrons. The topological polar surface area (TPSA) is 49.7 Å². The van der Waals surface area contributed by atoms with Gasteiger partial charge in [-0.1, -0.05) is 48.2 Å². The maximum absolute atomic E-state index is 13.7. The van der Waals surface area contributed by atoms with Crippen molar-refractivity contribution < 1.29 is 19.0 Å². The maximum Gasteiger partial charge on any atom is 0.263 e. The number of hydrogen-bond acceptors (Lipinski definition) is 5. The minimum Gasteiger partial charge on any atom is -0.493 e. The van der Waals surface area contributed by atoms with Crippen LogP contribution in [0.15, 0.2) is 70.5 Å². The van der Waals surface area contributed by atoms with Crippen molar-refractivity contribution in [3.63, 3.8) is 0 Å². The monoisotopic (exact) mass is 431 g/mol. The van der Waals surface area contributed by atoms with E-state index in [0.717, 1.165) is 32.0 Å². The molecule has 0 unspecified atom stereocenters. The number of carbonyl (C=O) groups excluding carboxylic acids is 1. The van der Waals surface area contributed by atoms with Crippen LogP contribution in [0, 0.1) is 0 Å². The molecule has 2 heterocycles. The number of rotatable bonds is 5. The maximum atomic E-state index is 13.7. The second-order valence-electron chi connectivity index (χ2n) is 7.20. The molecule has 0 spiro atoms. The third-order valence-electron chi connectivity index (χ3n) is 5.60. The lowest BCUT2D eigenvalue weighted by atomic mass is 9.96. The molecule has 0 aliphatic carbocycles. The molecule has 0 saturated carbocycles. The van der Waals surface area contributed by atoms with Crippen LogP contribution < -0.4 is 14.2 Å².